The van der Waals surface area contributed by atoms with Crippen LogP contribution < -0.4 is 0 Å². The lowest BCUT2D eigenvalue weighted by molar-refractivity contribution is 0.619. The normalized spacial score (nSPS) is 21.5. The summed E-state index contributed by atoms with van der Waals surface area (Å²) in [6.07, 6.45) is 7.93. The van der Waals surface area contributed by atoms with E-state index in [2.05, 4.69) is 112 Å². The van der Waals surface area contributed by atoms with Crippen LogP contribution in [0, 0.1) is 5.92 Å². The quantitative estimate of drug-likeness (QED) is 0.380. The molecule has 0 saturated heterocycles. The predicted octanol–water partition coefficient (Wildman–Crippen LogP) is 9.20. The molecule has 0 heteroatoms. The first-order valence-electron chi connectivity index (χ1n) is 12.1. The van der Waals surface area contributed by atoms with Gasteiger partial charge in [-0.15, -0.1) is 0 Å². The number of benzene rings is 3. The van der Waals surface area contributed by atoms with Gasteiger partial charge in [-0.2, -0.15) is 0 Å². The van der Waals surface area contributed by atoms with Crippen LogP contribution in [0.5, 0.6) is 0 Å². The summed E-state index contributed by atoms with van der Waals surface area (Å²) in [7, 11) is 0. The molecule has 0 unspecified atom stereocenters. The molecule has 1 saturated carbocycles. The van der Waals surface area contributed by atoms with Gasteiger partial charge in [0, 0.05) is 11.8 Å². The molecular formula is C33H32. The third kappa shape index (κ3) is 3.85. The fourth-order valence-corrected chi connectivity index (χ4v) is 5.85. The molecule has 0 radical (unpaired) electrons. The van der Waals surface area contributed by atoms with Gasteiger partial charge in [-0.05, 0) is 64.0 Å². The largest absolute Gasteiger partial charge is 0.0955 e. The highest BCUT2D eigenvalue weighted by atomic mass is 14.4. The Morgan fingerprint density at radius 1 is 0.939 bits per heavy atom. The summed E-state index contributed by atoms with van der Waals surface area (Å²) in [6.45, 7) is 13.7. The van der Waals surface area contributed by atoms with Crippen molar-refractivity contribution in [1.29, 1.82) is 0 Å². The van der Waals surface area contributed by atoms with Crippen LogP contribution in [-0.2, 0) is 0 Å². The maximum Gasteiger partial charge on any atom is 0.0201 e. The van der Waals surface area contributed by atoms with Gasteiger partial charge < -0.3 is 0 Å². The van der Waals surface area contributed by atoms with Gasteiger partial charge in [0.25, 0.3) is 0 Å². The van der Waals surface area contributed by atoms with E-state index < -0.39 is 0 Å². The summed E-state index contributed by atoms with van der Waals surface area (Å²) in [4.78, 5) is 0. The molecule has 2 atom stereocenters. The second kappa shape index (κ2) is 8.87. The van der Waals surface area contributed by atoms with E-state index >= 15 is 0 Å². The molecule has 3 aromatic rings. The topological polar surface area (TPSA) is 0 Å². The van der Waals surface area contributed by atoms with Crippen molar-refractivity contribution in [2.75, 3.05) is 0 Å². The van der Waals surface area contributed by atoms with Crippen molar-refractivity contribution in [3.63, 3.8) is 0 Å². The number of rotatable bonds is 5. The number of allylic oxidation sites excluding steroid dienone is 7. The third-order valence-electron chi connectivity index (χ3n) is 7.30. The zero-order chi connectivity index (χ0) is 22.9. The Morgan fingerprint density at radius 2 is 1.67 bits per heavy atom. The van der Waals surface area contributed by atoms with Crippen LogP contribution in [0.15, 0.2) is 125 Å². The molecule has 33 heavy (non-hydrogen) atoms. The fraction of sp³-hybridized carbons (Fsp3) is 0.212. The average molecular weight is 429 g/mol. The standard InChI is InChI=1S/C33H32/c1-5-12-22(2)31-23(3)19-29-21-28(20-27-17-11-16-25-13-9-10-18-30(25)27)24(4)32(29)33(31)26-14-7-6-8-15-26/h6-11,13-20,32-33H,2,4-5,12,21H2,1,3H3/b28-20+/t32-,33+/m1/s1. The maximum atomic E-state index is 4.68. The van der Waals surface area contributed by atoms with E-state index in [0.717, 1.165) is 19.3 Å². The number of fused-ring (bicyclic) bond motifs is 2. The molecule has 5 rings (SSSR count). The molecule has 2 aliphatic rings. The van der Waals surface area contributed by atoms with Crippen molar-refractivity contribution >= 4 is 16.8 Å². The van der Waals surface area contributed by atoms with Gasteiger partial charge in [0.1, 0.15) is 0 Å². The van der Waals surface area contributed by atoms with Crippen LogP contribution in [0.3, 0.4) is 0 Å². The Bertz CT molecular complexity index is 1320. The number of hydrogen-bond acceptors (Lipinski definition) is 0. The molecule has 164 valence electrons. The number of hydrogen-bond donors (Lipinski definition) is 0. The Labute approximate surface area is 198 Å². The van der Waals surface area contributed by atoms with E-state index in [9.17, 15) is 0 Å². The zero-order valence-electron chi connectivity index (χ0n) is 19.8. The lowest BCUT2D eigenvalue weighted by atomic mass is 9.69. The predicted molar refractivity (Wildman–Crippen MR) is 143 cm³/mol. The fourth-order valence-electron chi connectivity index (χ4n) is 5.85. The molecule has 0 aliphatic heterocycles. The molecule has 0 bridgehead atoms. The van der Waals surface area contributed by atoms with Gasteiger partial charge in [0.2, 0.25) is 0 Å². The second-order valence-corrected chi connectivity index (χ2v) is 9.48. The van der Waals surface area contributed by atoms with E-state index in [0.29, 0.717) is 5.92 Å². The zero-order valence-corrected chi connectivity index (χ0v) is 19.8. The van der Waals surface area contributed by atoms with Gasteiger partial charge in [-0.3, -0.25) is 0 Å². The van der Waals surface area contributed by atoms with Crippen molar-refractivity contribution in [3.8, 4) is 0 Å². The van der Waals surface area contributed by atoms with E-state index in [1.807, 2.05) is 0 Å². The van der Waals surface area contributed by atoms with Crippen molar-refractivity contribution < 1.29 is 0 Å². The lowest BCUT2D eigenvalue weighted by Gasteiger charge is -2.34. The minimum absolute atomic E-state index is 0.288. The van der Waals surface area contributed by atoms with Crippen LogP contribution in [0.2, 0.25) is 0 Å². The highest BCUT2D eigenvalue weighted by molar-refractivity contribution is 5.91. The molecule has 0 nitrogen and oxygen atoms in total. The van der Waals surface area contributed by atoms with Gasteiger partial charge in [0.05, 0.1) is 0 Å². The van der Waals surface area contributed by atoms with Gasteiger partial charge >= 0.3 is 0 Å². The summed E-state index contributed by atoms with van der Waals surface area (Å²) >= 11 is 0. The van der Waals surface area contributed by atoms with E-state index in [1.54, 1.807) is 0 Å². The maximum absolute atomic E-state index is 4.68. The molecule has 0 spiro atoms. The summed E-state index contributed by atoms with van der Waals surface area (Å²) in [5, 5.41) is 2.58. The molecule has 0 N–H and O–H groups in total. The van der Waals surface area contributed by atoms with Crippen LogP contribution in [0.4, 0.5) is 0 Å². The van der Waals surface area contributed by atoms with Crippen LogP contribution in [-0.4, -0.2) is 0 Å². The third-order valence-corrected chi connectivity index (χ3v) is 7.30. The van der Waals surface area contributed by atoms with Crippen LogP contribution >= 0.6 is 0 Å². The van der Waals surface area contributed by atoms with E-state index in [4.69, 9.17) is 0 Å². The molecule has 0 aromatic heterocycles. The minimum Gasteiger partial charge on any atom is -0.0955 e. The average Bonchev–Trinajstić information content (AvgIpc) is 3.13. The summed E-state index contributed by atoms with van der Waals surface area (Å²) in [6, 6.07) is 26.2. The summed E-state index contributed by atoms with van der Waals surface area (Å²) in [5.41, 5.74) is 10.8. The molecule has 2 aliphatic carbocycles. The van der Waals surface area contributed by atoms with Gasteiger partial charge in [-0.25, -0.2) is 0 Å². The molecule has 1 fully saturated rings. The first-order valence-corrected chi connectivity index (χ1v) is 12.1. The van der Waals surface area contributed by atoms with Gasteiger partial charge in [-0.1, -0.05) is 123 Å². The highest BCUT2D eigenvalue weighted by Crippen LogP contribution is 2.55. The van der Waals surface area contributed by atoms with Crippen LogP contribution in [0.25, 0.3) is 16.8 Å². The first kappa shape index (κ1) is 21.5. The minimum atomic E-state index is 0.288. The molecule has 0 amide bonds. The van der Waals surface area contributed by atoms with E-state index in [1.165, 1.54) is 55.3 Å². The summed E-state index contributed by atoms with van der Waals surface area (Å²) < 4.78 is 0. The Morgan fingerprint density at radius 3 is 2.45 bits per heavy atom. The van der Waals surface area contributed by atoms with Gasteiger partial charge in [0.15, 0.2) is 0 Å². The van der Waals surface area contributed by atoms with E-state index in [-0.39, 0.29) is 5.92 Å². The van der Waals surface area contributed by atoms with Crippen molar-refractivity contribution in [3.05, 3.63) is 137 Å². The first-order chi connectivity index (χ1) is 16.1. The monoisotopic (exact) mass is 428 g/mol. The lowest BCUT2D eigenvalue weighted by Crippen LogP contribution is -2.21. The van der Waals surface area contributed by atoms with Crippen molar-refractivity contribution in [1.82, 2.24) is 0 Å². The highest BCUT2D eigenvalue weighted by Gasteiger charge is 2.40. The Balaban J connectivity index is 1.61. The SMILES string of the molecule is C=C(CCC)C1=C(C)C=C2C/C(=C\c3cccc4ccccc34)C(=C)[C@H]2[C@H]1c1ccccc1. The smallest absolute Gasteiger partial charge is 0.0201 e. The molecule has 0 heterocycles. The second-order valence-electron chi connectivity index (χ2n) is 9.48. The Hall–Kier alpha value is -3.38. The molecule has 3 aromatic carbocycles. The Kier molecular flexibility index (Phi) is 5.77. The van der Waals surface area contributed by atoms with Crippen molar-refractivity contribution in [2.45, 2.75) is 39.0 Å². The van der Waals surface area contributed by atoms with Crippen LogP contribution in [0.1, 0.15) is 50.2 Å². The summed E-state index contributed by atoms with van der Waals surface area (Å²) in [5.74, 6) is 0.595. The molecular weight excluding hydrogens is 396 g/mol. The van der Waals surface area contributed by atoms with Crippen molar-refractivity contribution in [2.24, 2.45) is 5.92 Å².